The molecule has 2 aliphatic rings. The van der Waals surface area contributed by atoms with Crippen LogP contribution < -0.4 is 5.32 Å². The second kappa shape index (κ2) is 4.60. The van der Waals surface area contributed by atoms with Crippen LogP contribution >= 0.6 is 0 Å². The molecule has 0 spiro atoms. The summed E-state index contributed by atoms with van der Waals surface area (Å²) < 4.78 is 2.10. The second-order valence-corrected chi connectivity index (χ2v) is 5.49. The molecule has 1 saturated carbocycles. The van der Waals surface area contributed by atoms with Crippen molar-refractivity contribution in [2.24, 2.45) is 5.92 Å². The van der Waals surface area contributed by atoms with E-state index in [1.54, 1.807) is 6.33 Å². The van der Waals surface area contributed by atoms with Crippen LogP contribution in [0, 0.1) is 5.92 Å². The molecular weight excluding hydrogens is 230 g/mol. The first-order valence-corrected chi connectivity index (χ1v) is 6.66. The van der Waals surface area contributed by atoms with Gasteiger partial charge in [-0.2, -0.15) is 0 Å². The number of likely N-dealkylation sites (N-methyl/N-ethyl adjacent to an activating group) is 1. The molecule has 1 atom stereocenters. The maximum atomic E-state index is 9.75. The Hall–Kier alpha value is -0.980. The van der Waals surface area contributed by atoms with Crippen molar-refractivity contribution < 1.29 is 5.11 Å². The number of hydrogen-bond donors (Lipinski definition) is 2. The highest BCUT2D eigenvalue weighted by Crippen LogP contribution is 2.40. The van der Waals surface area contributed by atoms with Crippen LogP contribution in [0.2, 0.25) is 0 Å². The predicted molar refractivity (Wildman–Crippen MR) is 66.9 cm³/mol. The van der Waals surface area contributed by atoms with Crippen LogP contribution in [0.5, 0.6) is 0 Å². The van der Waals surface area contributed by atoms with E-state index >= 15 is 0 Å². The van der Waals surface area contributed by atoms with E-state index in [9.17, 15) is 5.11 Å². The summed E-state index contributed by atoms with van der Waals surface area (Å²) in [6, 6.07) is 0. The minimum absolute atomic E-state index is 0.137. The Bertz CT molecular complexity index is 410. The topological polar surface area (TPSA) is 66.2 Å². The molecule has 2 N–H and O–H groups in total. The largest absolute Gasteiger partial charge is 0.394 e. The summed E-state index contributed by atoms with van der Waals surface area (Å²) in [7, 11) is 1.96. The van der Waals surface area contributed by atoms with Crippen molar-refractivity contribution in [2.75, 3.05) is 26.7 Å². The third-order valence-corrected chi connectivity index (χ3v) is 4.36. The summed E-state index contributed by atoms with van der Waals surface area (Å²) in [5.41, 5.74) is -0.137. The van der Waals surface area contributed by atoms with Gasteiger partial charge in [-0.15, -0.1) is 10.2 Å². The van der Waals surface area contributed by atoms with Crippen LogP contribution in [-0.4, -0.2) is 57.1 Å². The van der Waals surface area contributed by atoms with E-state index in [2.05, 4.69) is 25.0 Å². The zero-order chi connectivity index (χ0) is 12.6. The number of fused-ring (bicyclic) bond motifs is 1. The Balaban J connectivity index is 1.69. The summed E-state index contributed by atoms with van der Waals surface area (Å²) in [5.74, 6) is 1.65. The van der Waals surface area contributed by atoms with Crippen LogP contribution in [0.15, 0.2) is 6.33 Å². The summed E-state index contributed by atoms with van der Waals surface area (Å²) in [5, 5.41) is 21.2. The highest BCUT2D eigenvalue weighted by molar-refractivity contribution is 5.03. The Morgan fingerprint density at radius 2 is 2.33 bits per heavy atom. The molecule has 1 aromatic heterocycles. The number of nitrogens with zero attached hydrogens (tertiary/aromatic N) is 4. The van der Waals surface area contributed by atoms with Crippen molar-refractivity contribution in [3.05, 3.63) is 12.2 Å². The zero-order valence-electron chi connectivity index (χ0n) is 10.8. The fourth-order valence-corrected chi connectivity index (χ4v) is 2.96. The van der Waals surface area contributed by atoms with E-state index in [1.165, 1.54) is 12.8 Å². The predicted octanol–water partition coefficient (Wildman–Crippen LogP) is -0.546. The standard InChI is InChI=1S/C12H21N5O/c1-13-12(8-18,10-2-3-10)7-16-4-5-17-9-14-15-11(17)6-16/h9-10,13,18H,2-8H2,1H3. The van der Waals surface area contributed by atoms with Crippen molar-refractivity contribution in [2.45, 2.75) is 31.5 Å². The average Bonchev–Trinajstić information content (AvgIpc) is 3.15. The van der Waals surface area contributed by atoms with Gasteiger partial charge in [0.2, 0.25) is 0 Å². The average molecular weight is 251 g/mol. The van der Waals surface area contributed by atoms with E-state index in [-0.39, 0.29) is 12.1 Å². The molecule has 1 aliphatic heterocycles. The van der Waals surface area contributed by atoms with E-state index in [1.807, 2.05) is 7.05 Å². The highest BCUT2D eigenvalue weighted by Gasteiger charge is 2.45. The van der Waals surface area contributed by atoms with Gasteiger partial charge in [-0.25, -0.2) is 0 Å². The van der Waals surface area contributed by atoms with Gasteiger partial charge in [0.15, 0.2) is 0 Å². The van der Waals surface area contributed by atoms with Gasteiger partial charge < -0.3 is 15.0 Å². The number of aliphatic hydroxyl groups is 1. The van der Waals surface area contributed by atoms with E-state index < -0.39 is 0 Å². The lowest BCUT2D eigenvalue weighted by Crippen LogP contribution is -2.57. The smallest absolute Gasteiger partial charge is 0.147 e. The number of nitrogens with one attached hydrogen (secondary N) is 1. The van der Waals surface area contributed by atoms with Gasteiger partial charge in [0, 0.05) is 19.6 Å². The lowest BCUT2D eigenvalue weighted by Gasteiger charge is -2.38. The molecule has 0 aromatic carbocycles. The number of aliphatic hydroxyl groups excluding tert-OH is 1. The lowest BCUT2D eigenvalue weighted by atomic mass is 9.93. The van der Waals surface area contributed by atoms with E-state index in [0.717, 1.165) is 32.0 Å². The lowest BCUT2D eigenvalue weighted by molar-refractivity contribution is 0.0829. The molecule has 1 unspecified atom stereocenters. The molecule has 1 aliphatic carbocycles. The van der Waals surface area contributed by atoms with E-state index in [0.29, 0.717) is 5.92 Å². The summed E-state index contributed by atoms with van der Waals surface area (Å²) >= 11 is 0. The Morgan fingerprint density at radius 1 is 1.50 bits per heavy atom. The molecule has 1 fully saturated rings. The molecule has 2 heterocycles. The van der Waals surface area contributed by atoms with Crippen molar-refractivity contribution >= 4 is 0 Å². The van der Waals surface area contributed by atoms with Gasteiger partial charge in [-0.1, -0.05) is 0 Å². The second-order valence-electron chi connectivity index (χ2n) is 5.49. The molecule has 3 rings (SSSR count). The Kier molecular flexibility index (Phi) is 3.09. The number of aromatic nitrogens is 3. The molecule has 6 nitrogen and oxygen atoms in total. The number of hydrogen-bond acceptors (Lipinski definition) is 5. The molecular formula is C12H21N5O. The summed E-state index contributed by atoms with van der Waals surface area (Å²) in [4.78, 5) is 2.37. The van der Waals surface area contributed by atoms with Gasteiger partial charge in [0.1, 0.15) is 12.2 Å². The van der Waals surface area contributed by atoms with Gasteiger partial charge in [0.05, 0.1) is 18.7 Å². The molecule has 0 bridgehead atoms. The molecule has 0 radical (unpaired) electrons. The third kappa shape index (κ3) is 2.04. The molecule has 0 saturated heterocycles. The van der Waals surface area contributed by atoms with Crippen molar-refractivity contribution in [3.63, 3.8) is 0 Å². The summed E-state index contributed by atoms with van der Waals surface area (Å²) in [6.07, 6.45) is 4.25. The maximum Gasteiger partial charge on any atom is 0.147 e. The Morgan fingerprint density at radius 3 is 3.00 bits per heavy atom. The fourth-order valence-electron chi connectivity index (χ4n) is 2.96. The first-order chi connectivity index (χ1) is 8.77. The fraction of sp³-hybridized carbons (Fsp3) is 0.833. The minimum atomic E-state index is -0.137. The third-order valence-electron chi connectivity index (χ3n) is 4.36. The van der Waals surface area contributed by atoms with E-state index in [4.69, 9.17) is 0 Å². The van der Waals surface area contributed by atoms with Crippen molar-refractivity contribution in [1.82, 2.24) is 25.0 Å². The van der Waals surface area contributed by atoms with Gasteiger partial charge in [0.25, 0.3) is 0 Å². The maximum absolute atomic E-state index is 9.75. The van der Waals surface area contributed by atoms with Crippen LogP contribution in [0.4, 0.5) is 0 Å². The molecule has 18 heavy (non-hydrogen) atoms. The first-order valence-electron chi connectivity index (χ1n) is 6.66. The highest BCUT2D eigenvalue weighted by atomic mass is 16.3. The normalized spacial score (nSPS) is 23.7. The Labute approximate surface area is 107 Å². The molecule has 100 valence electrons. The quantitative estimate of drug-likeness (QED) is 0.735. The van der Waals surface area contributed by atoms with Gasteiger partial charge in [-0.3, -0.25) is 4.90 Å². The van der Waals surface area contributed by atoms with Gasteiger partial charge >= 0.3 is 0 Å². The molecule has 6 heteroatoms. The SMILES string of the molecule is CNC(CO)(CN1CCn2cnnc2C1)C1CC1. The minimum Gasteiger partial charge on any atom is -0.394 e. The van der Waals surface area contributed by atoms with Crippen molar-refractivity contribution in [1.29, 1.82) is 0 Å². The monoisotopic (exact) mass is 251 g/mol. The van der Waals surface area contributed by atoms with Crippen LogP contribution in [0.1, 0.15) is 18.7 Å². The van der Waals surface area contributed by atoms with Crippen molar-refractivity contribution in [3.8, 4) is 0 Å². The number of rotatable bonds is 5. The first kappa shape index (κ1) is 12.1. The van der Waals surface area contributed by atoms with Gasteiger partial charge in [-0.05, 0) is 25.8 Å². The van der Waals surface area contributed by atoms with Crippen LogP contribution in [0.3, 0.4) is 0 Å². The van der Waals surface area contributed by atoms with Crippen LogP contribution in [-0.2, 0) is 13.1 Å². The summed E-state index contributed by atoms with van der Waals surface area (Å²) in [6.45, 7) is 3.87. The zero-order valence-corrected chi connectivity index (χ0v) is 10.8. The van der Waals surface area contributed by atoms with Crippen LogP contribution in [0.25, 0.3) is 0 Å². The molecule has 1 aromatic rings. The molecule has 0 amide bonds.